The van der Waals surface area contributed by atoms with Gasteiger partial charge in [-0.2, -0.15) is 0 Å². The maximum Gasteiger partial charge on any atom is 0.221 e. The summed E-state index contributed by atoms with van der Waals surface area (Å²) >= 11 is 0. The lowest BCUT2D eigenvalue weighted by atomic mass is 10.2. The van der Waals surface area contributed by atoms with Crippen molar-refractivity contribution >= 4 is 11.6 Å². The Hall–Kier alpha value is -1.55. The van der Waals surface area contributed by atoms with E-state index >= 15 is 0 Å². The van der Waals surface area contributed by atoms with Crippen molar-refractivity contribution in [1.82, 2.24) is 0 Å². The van der Waals surface area contributed by atoms with E-state index in [-0.39, 0.29) is 11.5 Å². The molecular weight excluding hydrogens is 206 g/mol. The summed E-state index contributed by atoms with van der Waals surface area (Å²) in [6, 6.07) is 7.29. The fourth-order valence-electron chi connectivity index (χ4n) is 1.28. The van der Waals surface area contributed by atoms with E-state index in [2.05, 4.69) is 5.32 Å². The second-order valence-corrected chi connectivity index (χ2v) is 4.23. The number of carbonyl (C=O) groups excluding carboxylic acids is 1. The van der Waals surface area contributed by atoms with Crippen LogP contribution in [0.3, 0.4) is 0 Å². The SMILES string of the molecule is CC(=O)Nc1ccc(OCC2(C)CO2)cc1. The molecular formula is C12H15NO3. The summed E-state index contributed by atoms with van der Waals surface area (Å²) in [6.45, 7) is 4.82. The van der Waals surface area contributed by atoms with Gasteiger partial charge in [0.05, 0.1) is 6.61 Å². The maximum absolute atomic E-state index is 10.8. The molecule has 1 fully saturated rings. The first kappa shape index (κ1) is 11.0. The predicted octanol–water partition coefficient (Wildman–Crippen LogP) is 1.81. The minimum atomic E-state index is -0.101. The summed E-state index contributed by atoms with van der Waals surface area (Å²) in [5.41, 5.74) is 0.671. The highest BCUT2D eigenvalue weighted by Gasteiger charge is 2.40. The normalized spacial score (nSPS) is 22.6. The van der Waals surface area contributed by atoms with Crippen LogP contribution < -0.4 is 10.1 Å². The smallest absolute Gasteiger partial charge is 0.221 e. The minimum absolute atomic E-state index is 0.0763. The molecule has 1 unspecified atom stereocenters. The van der Waals surface area contributed by atoms with Gasteiger partial charge in [-0.25, -0.2) is 0 Å². The van der Waals surface area contributed by atoms with E-state index in [1.807, 2.05) is 31.2 Å². The average molecular weight is 221 g/mol. The van der Waals surface area contributed by atoms with Crippen LogP contribution in [0, 0.1) is 0 Å². The van der Waals surface area contributed by atoms with Crippen molar-refractivity contribution in [3.05, 3.63) is 24.3 Å². The Morgan fingerprint density at radius 3 is 2.62 bits per heavy atom. The molecule has 0 aromatic heterocycles. The van der Waals surface area contributed by atoms with Gasteiger partial charge < -0.3 is 14.8 Å². The Morgan fingerprint density at radius 2 is 2.12 bits per heavy atom. The molecule has 1 aromatic carbocycles. The van der Waals surface area contributed by atoms with Crippen LogP contribution in [0.1, 0.15) is 13.8 Å². The summed E-state index contributed by atoms with van der Waals surface area (Å²) in [6.07, 6.45) is 0. The lowest BCUT2D eigenvalue weighted by molar-refractivity contribution is -0.114. The molecule has 0 bridgehead atoms. The van der Waals surface area contributed by atoms with E-state index in [1.54, 1.807) is 0 Å². The number of rotatable bonds is 4. The molecule has 0 spiro atoms. The molecule has 1 saturated heterocycles. The van der Waals surface area contributed by atoms with Crippen LogP contribution >= 0.6 is 0 Å². The molecule has 1 aromatic rings. The van der Waals surface area contributed by atoms with Crippen molar-refractivity contribution in [2.45, 2.75) is 19.4 Å². The Labute approximate surface area is 94.6 Å². The number of epoxide rings is 1. The number of carbonyl (C=O) groups is 1. The standard InChI is InChI=1S/C12H15NO3/c1-9(14)13-10-3-5-11(6-4-10)15-7-12(2)8-16-12/h3-6H,7-8H2,1-2H3,(H,13,14). The Bertz CT molecular complexity index is 382. The van der Waals surface area contributed by atoms with Gasteiger partial charge in [0.15, 0.2) is 0 Å². The van der Waals surface area contributed by atoms with Gasteiger partial charge in [0.2, 0.25) is 5.91 Å². The number of ether oxygens (including phenoxy) is 2. The van der Waals surface area contributed by atoms with Gasteiger partial charge in [0.1, 0.15) is 18.0 Å². The lowest BCUT2D eigenvalue weighted by Gasteiger charge is -2.09. The number of amides is 1. The second-order valence-electron chi connectivity index (χ2n) is 4.23. The lowest BCUT2D eigenvalue weighted by Crippen LogP contribution is -2.16. The van der Waals surface area contributed by atoms with E-state index in [0.29, 0.717) is 6.61 Å². The topological polar surface area (TPSA) is 50.9 Å². The first-order valence-electron chi connectivity index (χ1n) is 5.22. The zero-order valence-corrected chi connectivity index (χ0v) is 9.45. The van der Waals surface area contributed by atoms with Crippen LogP contribution in [-0.4, -0.2) is 24.7 Å². The summed E-state index contributed by atoms with van der Waals surface area (Å²) in [5, 5.41) is 2.70. The fourth-order valence-corrected chi connectivity index (χ4v) is 1.28. The van der Waals surface area contributed by atoms with E-state index in [9.17, 15) is 4.79 Å². The van der Waals surface area contributed by atoms with Crippen LogP contribution in [0.15, 0.2) is 24.3 Å². The van der Waals surface area contributed by atoms with E-state index in [1.165, 1.54) is 6.92 Å². The molecule has 1 aliphatic rings. The highest BCUT2D eigenvalue weighted by atomic mass is 16.6. The second kappa shape index (κ2) is 4.14. The van der Waals surface area contributed by atoms with Crippen molar-refractivity contribution < 1.29 is 14.3 Å². The van der Waals surface area contributed by atoms with Gasteiger partial charge in [-0.15, -0.1) is 0 Å². The predicted molar refractivity (Wildman–Crippen MR) is 60.6 cm³/mol. The maximum atomic E-state index is 10.8. The molecule has 1 amide bonds. The first-order chi connectivity index (χ1) is 7.57. The summed E-state index contributed by atoms with van der Waals surface area (Å²) in [7, 11) is 0. The zero-order chi connectivity index (χ0) is 11.6. The van der Waals surface area contributed by atoms with Crippen molar-refractivity contribution in [3.8, 4) is 5.75 Å². The highest BCUT2D eigenvalue weighted by molar-refractivity contribution is 5.88. The van der Waals surface area contributed by atoms with Crippen molar-refractivity contribution in [3.63, 3.8) is 0 Å². The number of nitrogens with one attached hydrogen (secondary N) is 1. The summed E-state index contributed by atoms with van der Waals surface area (Å²) in [4.78, 5) is 10.8. The quantitative estimate of drug-likeness (QED) is 0.789. The zero-order valence-electron chi connectivity index (χ0n) is 9.45. The number of anilines is 1. The van der Waals surface area contributed by atoms with Crippen LogP contribution in [0.25, 0.3) is 0 Å². The Balaban J connectivity index is 1.88. The fraction of sp³-hybridized carbons (Fsp3) is 0.417. The Morgan fingerprint density at radius 1 is 1.50 bits per heavy atom. The first-order valence-corrected chi connectivity index (χ1v) is 5.22. The monoisotopic (exact) mass is 221 g/mol. The van der Waals surface area contributed by atoms with Gasteiger partial charge in [-0.1, -0.05) is 0 Å². The summed E-state index contributed by atoms with van der Waals surface area (Å²) in [5.74, 6) is 0.707. The van der Waals surface area contributed by atoms with Crippen molar-refractivity contribution in [1.29, 1.82) is 0 Å². The molecule has 0 radical (unpaired) electrons. The molecule has 1 N–H and O–H groups in total. The third-order valence-corrected chi connectivity index (χ3v) is 2.36. The van der Waals surface area contributed by atoms with Crippen molar-refractivity contribution in [2.24, 2.45) is 0 Å². The van der Waals surface area contributed by atoms with Gasteiger partial charge in [0.25, 0.3) is 0 Å². The van der Waals surface area contributed by atoms with Gasteiger partial charge in [-0.05, 0) is 31.2 Å². The van der Waals surface area contributed by atoms with Gasteiger partial charge >= 0.3 is 0 Å². The third-order valence-electron chi connectivity index (χ3n) is 2.36. The van der Waals surface area contributed by atoms with Crippen LogP contribution in [0.4, 0.5) is 5.69 Å². The third kappa shape index (κ3) is 2.97. The van der Waals surface area contributed by atoms with E-state index in [0.717, 1.165) is 18.0 Å². The number of hydrogen-bond donors (Lipinski definition) is 1. The molecule has 0 saturated carbocycles. The Kier molecular flexibility index (Phi) is 2.83. The van der Waals surface area contributed by atoms with Crippen LogP contribution in [-0.2, 0) is 9.53 Å². The largest absolute Gasteiger partial charge is 0.491 e. The van der Waals surface area contributed by atoms with Gasteiger partial charge in [-0.3, -0.25) is 4.79 Å². The molecule has 1 aliphatic heterocycles. The van der Waals surface area contributed by atoms with E-state index < -0.39 is 0 Å². The van der Waals surface area contributed by atoms with Crippen molar-refractivity contribution in [2.75, 3.05) is 18.5 Å². The molecule has 4 nitrogen and oxygen atoms in total. The van der Waals surface area contributed by atoms with Crippen LogP contribution in [0.2, 0.25) is 0 Å². The molecule has 0 aliphatic carbocycles. The van der Waals surface area contributed by atoms with Gasteiger partial charge in [0, 0.05) is 12.6 Å². The number of benzene rings is 1. The molecule has 1 atom stereocenters. The average Bonchev–Trinajstić information content (AvgIpc) is 2.96. The summed E-state index contributed by atoms with van der Waals surface area (Å²) < 4.78 is 10.8. The molecule has 4 heteroatoms. The highest BCUT2D eigenvalue weighted by Crippen LogP contribution is 2.27. The number of hydrogen-bond acceptors (Lipinski definition) is 3. The van der Waals surface area contributed by atoms with Crippen LogP contribution in [0.5, 0.6) is 5.75 Å². The molecule has 16 heavy (non-hydrogen) atoms. The molecule has 1 heterocycles. The minimum Gasteiger partial charge on any atom is -0.491 e. The van der Waals surface area contributed by atoms with E-state index in [4.69, 9.17) is 9.47 Å². The molecule has 86 valence electrons. The molecule has 2 rings (SSSR count).